The molecule has 0 radical (unpaired) electrons. The maximum absolute atomic E-state index is 12.9. The Morgan fingerprint density at radius 2 is 2.00 bits per heavy atom. The van der Waals surface area contributed by atoms with E-state index < -0.39 is 0 Å². The monoisotopic (exact) mass is 250 g/mol. The highest BCUT2D eigenvalue weighted by molar-refractivity contribution is 5.46. The van der Waals surface area contributed by atoms with Gasteiger partial charge < -0.3 is 10.2 Å². The van der Waals surface area contributed by atoms with Gasteiger partial charge >= 0.3 is 0 Å². The second-order valence-electron chi connectivity index (χ2n) is 5.10. The van der Waals surface area contributed by atoms with Gasteiger partial charge in [-0.15, -0.1) is 0 Å². The molecule has 3 heteroatoms. The summed E-state index contributed by atoms with van der Waals surface area (Å²) < 4.78 is 12.9. The molecule has 0 aromatic heterocycles. The summed E-state index contributed by atoms with van der Waals surface area (Å²) in [5.41, 5.74) is 1.13. The van der Waals surface area contributed by atoms with Gasteiger partial charge in [-0.05, 0) is 57.0 Å². The first kappa shape index (κ1) is 13.3. The number of halogens is 1. The van der Waals surface area contributed by atoms with E-state index in [4.69, 9.17) is 0 Å². The van der Waals surface area contributed by atoms with Gasteiger partial charge in [0, 0.05) is 24.8 Å². The van der Waals surface area contributed by atoms with Gasteiger partial charge in [0.1, 0.15) is 5.82 Å². The molecule has 0 saturated heterocycles. The van der Waals surface area contributed by atoms with Crippen LogP contribution in [0.15, 0.2) is 24.3 Å². The predicted octanol–water partition coefficient (Wildman–Crippen LogP) is 3.04. The largest absolute Gasteiger partial charge is 0.371 e. The zero-order valence-corrected chi connectivity index (χ0v) is 11.3. The lowest BCUT2D eigenvalue weighted by atomic mass is 10.0. The third-order valence-electron chi connectivity index (χ3n) is 4.06. The first-order chi connectivity index (χ1) is 8.74. The van der Waals surface area contributed by atoms with E-state index in [2.05, 4.69) is 24.2 Å². The molecule has 1 fully saturated rings. The van der Waals surface area contributed by atoms with E-state index >= 15 is 0 Å². The van der Waals surface area contributed by atoms with Crippen LogP contribution in [0.1, 0.15) is 26.2 Å². The van der Waals surface area contributed by atoms with Crippen LogP contribution in [0.5, 0.6) is 0 Å². The van der Waals surface area contributed by atoms with Crippen LogP contribution in [-0.2, 0) is 0 Å². The third-order valence-corrected chi connectivity index (χ3v) is 4.06. The molecule has 0 spiro atoms. The fourth-order valence-electron chi connectivity index (χ4n) is 2.99. The van der Waals surface area contributed by atoms with Crippen molar-refractivity contribution in [3.63, 3.8) is 0 Å². The lowest BCUT2D eigenvalue weighted by Gasteiger charge is -2.29. The summed E-state index contributed by atoms with van der Waals surface area (Å²) in [4.78, 5) is 2.35. The summed E-state index contributed by atoms with van der Waals surface area (Å²) in [5.74, 6) is 0.545. The summed E-state index contributed by atoms with van der Waals surface area (Å²) >= 11 is 0. The smallest absolute Gasteiger partial charge is 0.123 e. The highest BCUT2D eigenvalue weighted by Gasteiger charge is 2.27. The van der Waals surface area contributed by atoms with E-state index in [1.54, 1.807) is 12.1 Å². The molecule has 0 aliphatic heterocycles. The molecule has 2 rings (SSSR count). The average Bonchev–Trinajstić information content (AvgIpc) is 2.84. The maximum atomic E-state index is 12.9. The Kier molecular flexibility index (Phi) is 4.59. The van der Waals surface area contributed by atoms with Crippen molar-refractivity contribution in [3.8, 4) is 0 Å². The summed E-state index contributed by atoms with van der Waals surface area (Å²) in [6.45, 7) is 4.19. The molecule has 0 bridgehead atoms. The van der Waals surface area contributed by atoms with E-state index in [-0.39, 0.29) is 5.82 Å². The minimum atomic E-state index is -0.163. The van der Waals surface area contributed by atoms with Gasteiger partial charge in [0.2, 0.25) is 0 Å². The zero-order valence-electron chi connectivity index (χ0n) is 11.3. The second-order valence-corrected chi connectivity index (χ2v) is 5.10. The van der Waals surface area contributed by atoms with Gasteiger partial charge in [0.05, 0.1) is 0 Å². The Labute approximate surface area is 109 Å². The topological polar surface area (TPSA) is 15.3 Å². The Bertz CT molecular complexity index is 363. The molecule has 1 saturated carbocycles. The molecular formula is C15H23FN2. The van der Waals surface area contributed by atoms with Gasteiger partial charge in [0.15, 0.2) is 0 Å². The van der Waals surface area contributed by atoms with E-state index in [0.29, 0.717) is 12.0 Å². The van der Waals surface area contributed by atoms with Gasteiger partial charge in [-0.1, -0.05) is 6.42 Å². The molecule has 1 aliphatic carbocycles. The van der Waals surface area contributed by atoms with Crippen LogP contribution >= 0.6 is 0 Å². The summed E-state index contributed by atoms with van der Waals surface area (Å²) in [6, 6.07) is 7.48. The number of rotatable bonds is 5. The first-order valence-electron chi connectivity index (χ1n) is 6.92. The molecule has 1 aromatic carbocycles. The summed E-state index contributed by atoms with van der Waals surface area (Å²) in [7, 11) is 2.05. The molecule has 100 valence electrons. The van der Waals surface area contributed by atoms with E-state index in [1.807, 2.05) is 12.1 Å². The van der Waals surface area contributed by atoms with Crippen LogP contribution in [0.2, 0.25) is 0 Å². The van der Waals surface area contributed by atoms with Crippen LogP contribution in [0.25, 0.3) is 0 Å². The Balaban J connectivity index is 2.02. The van der Waals surface area contributed by atoms with Gasteiger partial charge in [-0.25, -0.2) is 4.39 Å². The molecule has 18 heavy (non-hydrogen) atoms. The Morgan fingerprint density at radius 3 is 2.61 bits per heavy atom. The number of benzene rings is 1. The van der Waals surface area contributed by atoms with Crippen molar-refractivity contribution in [1.82, 2.24) is 5.32 Å². The van der Waals surface area contributed by atoms with E-state index in [0.717, 1.165) is 18.8 Å². The van der Waals surface area contributed by atoms with Crippen LogP contribution < -0.4 is 10.2 Å². The molecule has 2 unspecified atom stereocenters. The Hall–Kier alpha value is -1.09. The van der Waals surface area contributed by atoms with Crippen molar-refractivity contribution < 1.29 is 4.39 Å². The average molecular weight is 250 g/mol. The van der Waals surface area contributed by atoms with Gasteiger partial charge in [-0.2, -0.15) is 0 Å². The molecule has 1 aliphatic rings. The van der Waals surface area contributed by atoms with Gasteiger partial charge in [0.25, 0.3) is 0 Å². The number of nitrogens with one attached hydrogen (secondary N) is 1. The highest BCUT2D eigenvalue weighted by Crippen LogP contribution is 2.28. The number of hydrogen-bond donors (Lipinski definition) is 1. The summed E-state index contributed by atoms with van der Waals surface area (Å²) in [5, 5.41) is 3.42. The lowest BCUT2D eigenvalue weighted by Crippen LogP contribution is -2.38. The van der Waals surface area contributed by atoms with Crippen molar-refractivity contribution in [3.05, 3.63) is 30.1 Å². The van der Waals surface area contributed by atoms with Crippen molar-refractivity contribution in [2.24, 2.45) is 5.92 Å². The molecular weight excluding hydrogens is 227 g/mol. The lowest BCUT2D eigenvalue weighted by molar-refractivity contribution is 0.424. The fourth-order valence-corrected chi connectivity index (χ4v) is 2.99. The number of nitrogens with zero attached hydrogens (tertiary/aromatic N) is 1. The van der Waals surface area contributed by atoms with Crippen molar-refractivity contribution in [2.75, 3.05) is 25.0 Å². The molecule has 0 heterocycles. The van der Waals surface area contributed by atoms with Crippen molar-refractivity contribution >= 4 is 5.69 Å². The fraction of sp³-hybridized carbons (Fsp3) is 0.600. The number of hydrogen-bond acceptors (Lipinski definition) is 2. The molecule has 2 atom stereocenters. The van der Waals surface area contributed by atoms with Crippen LogP contribution in [0, 0.1) is 11.7 Å². The predicted molar refractivity (Wildman–Crippen MR) is 74.5 cm³/mol. The molecule has 1 aromatic rings. The van der Waals surface area contributed by atoms with Crippen LogP contribution in [0.4, 0.5) is 10.1 Å². The third kappa shape index (κ3) is 3.02. The van der Waals surface area contributed by atoms with Gasteiger partial charge in [-0.3, -0.25) is 0 Å². The Morgan fingerprint density at radius 1 is 1.28 bits per heavy atom. The molecule has 0 amide bonds. The highest BCUT2D eigenvalue weighted by atomic mass is 19.1. The van der Waals surface area contributed by atoms with E-state index in [1.165, 1.54) is 19.3 Å². The first-order valence-corrected chi connectivity index (χ1v) is 6.92. The minimum absolute atomic E-state index is 0.163. The van der Waals surface area contributed by atoms with Crippen molar-refractivity contribution in [2.45, 2.75) is 32.2 Å². The maximum Gasteiger partial charge on any atom is 0.123 e. The van der Waals surface area contributed by atoms with Crippen molar-refractivity contribution in [1.29, 1.82) is 0 Å². The molecule has 2 nitrogen and oxygen atoms in total. The second kappa shape index (κ2) is 6.19. The quantitative estimate of drug-likeness (QED) is 0.864. The SMILES string of the molecule is CCN(CC1CCCC1NC)c1ccc(F)cc1. The van der Waals surface area contributed by atoms with Crippen LogP contribution in [-0.4, -0.2) is 26.2 Å². The summed E-state index contributed by atoms with van der Waals surface area (Å²) in [6.07, 6.45) is 3.89. The van der Waals surface area contributed by atoms with Crippen LogP contribution in [0.3, 0.4) is 0 Å². The standard InChI is InChI=1S/C15H23FN2/c1-3-18(14-9-7-13(16)8-10-14)11-12-5-4-6-15(12)17-2/h7-10,12,15,17H,3-6,11H2,1-2H3. The number of anilines is 1. The zero-order chi connectivity index (χ0) is 13.0. The normalized spacial score (nSPS) is 23.3. The van der Waals surface area contributed by atoms with E-state index in [9.17, 15) is 4.39 Å². The minimum Gasteiger partial charge on any atom is -0.371 e. The molecule has 1 N–H and O–H groups in total.